The first-order chi connectivity index (χ1) is 8.84. The molecule has 2 atom stereocenters. The van der Waals surface area contributed by atoms with Crippen molar-refractivity contribution >= 4 is 0 Å². The van der Waals surface area contributed by atoms with Crippen LogP contribution in [-0.4, -0.2) is 18.8 Å². The van der Waals surface area contributed by atoms with Crippen LogP contribution < -0.4 is 5.73 Å². The van der Waals surface area contributed by atoms with Gasteiger partial charge in [0.25, 0.3) is 0 Å². The first kappa shape index (κ1) is 13.6. The highest BCUT2D eigenvalue weighted by atomic mass is 16.5. The zero-order chi connectivity index (χ0) is 12.6. The van der Waals surface area contributed by atoms with Gasteiger partial charge in [0, 0.05) is 12.6 Å². The fourth-order valence-electron chi connectivity index (χ4n) is 2.63. The van der Waals surface area contributed by atoms with Crippen LogP contribution >= 0.6 is 0 Å². The minimum atomic E-state index is 0.345. The molecule has 0 spiro atoms. The Morgan fingerprint density at radius 1 is 1.22 bits per heavy atom. The SMILES string of the molecule is NC(CCCc1ccccc1)CCC1CCCO1. The number of benzene rings is 1. The average Bonchev–Trinajstić information content (AvgIpc) is 2.91. The number of ether oxygens (including phenoxy) is 1. The standard InChI is InChI=1S/C16H25NO/c17-15(11-12-16-10-5-13-18-16)9-4-8-14-6-2-1-3-7-14/h1-3,6-7,15-16H,4-5,8-13,17H2. The van der Waals surface area contributed by atoms with E-state index in [1.807, 2.05) is 0 Å². The predicted octanol–water partition coefficient (Wildman–Crippen LogP) is 3.30. The zero-order valence-electron chi connectivity index (χ0n) is 11.2. The molecule has 0 bridgehead atoms. The summed E-state index contributed by atoms with van der Waals surface area (Å²) >= 11 is 0. The van der Waals surface area contributed by atoms with Crippen molar-refractivity contribution in [2.45, 2.75) is 57.1 Å². The lowest BCUT2D eigenvalue weighted by molar-refractivity contribution is 0.100. The van der Waals surface area contributed by atoms with E-state index in [0.29, 0.717) is 12.1 Å². The van der Waals surface area contributed by atoms with Gasteiger partial charge in [-0.3, -0.25) is 0 Å². The Kier molecular flexibility index (Phi) is 5.69. The topological polar surface area (TPSA) is 35.2 Å². The van der Waals surface area contributed by atoms with Crippen LogP contribution in [0.2, 0.25) is 0 Å². The van der Waals surface area contributed by atoms with Crippen molar-refractivity contribution in [1.82, 2.24) is 0 Å². The van der Waals surface area contributed by atoms with Gasteiger partial charge in [-0.15, -0.1) is 0 Å². The molecule has 18 heavy (non-hydrogen) atoms. The first-order valence-electron chi connectivity index (χ1n) is 7.25. The van der Waals surface area contributed by atoms with E-state index in [0.717, 1.165) is 32.3 Å². The molecule has 2 heteroatoms. The number of hydrogen-bond acceptors (Lipinski definition) is 2. The molecule has 1 aromatic carbocycles. The van der Waals surface area contributed by atoms with Crippen LogP contribution in [0.4, 0.5) is 0 Å². The highest BCUT2D eigenvalue weighted by Crippen LogP contribution is 2.18. The molecule has 1 aliphatic rings. The highest BCUT2D eigenvalue weighted by molar-refractivity contribution is 5.14. The molecule has 0 radical (unpaired) electrons. The van der Waals surface area contributed by atoms with Crippen molar-refractivity contribution in [2.75, 3.05) is 6.61 Å². The zero-order valence-corrected chi connectivity index (χ0v) is 11.2. The number of rotatable bonds is 7. The van der Waals surface area contributed by atoms with Crippen LogP contribution in [0.25, 0.3) is 0 Å². The van der Waals surface area contributed by atoms with E-state index in [-0.39, 0.29) is 0 Å². The Bertz CT molecular complexity index is 319. The molecule has 1 aromatic rings. The molecule has 2 unspecified atom stereocenters. The fourth-order valence-corrected chi connectivity index (χ4v) is 2.63. The Balaban J connectivity index is 1.55. The summed E-state index contributed by atoms with van der Waals surface area (Å²) < 4.78 is 5.62. The maximum absolute atomic E-state index is 6.16. The normalized spacial score (nSPS) is 21.1. The smallest absolute Gasteiger partial charge is 0.0576 e. The van der Waals surface area contributed by atoms with Gasteiger partial charge in [0.15, 0.2) is 0 Å². The van der Waals surface area contributed by atoms with Crippen LogP contribution in [0, 0.1) is 0 Å². The van der Waals surface area contributed by atoms with E-state index in [1.54, 1.807) is 0 Å². The Labute approximate surface area is 111 Å². The van der Waals surface area contributed by atoms with Gasteiger partial charge in [0.05, 0.1) is 6.10 Å². The summed E-state index contributed by atoms with van der Waals surface area (Å²) in [5.74, 6) is 0. The molecule has 1 aliphatic heterocycles. The molecular formula is C16H25NO. The van der Waals surface area contributed by atoms with Crippen molar-refractivity contribution in [3.8, 4) is 0 Å². The van der Waals surface area contributed by atoms with E-state index >= 15 is 0 Å². The monoisotopic (exact) mass is 247 g/mol. The van der Waals surface area contributed by atoms with Crippen molar-refractivity contribution in [2.24, 2.45) is 5.73 Å². The van der Waals surface area contributed by atoms with E-state index in [1.165, 1.54) is 24.8 Å². The van der Waals surface area contributed by atoms with Gasteiger partial charge in [-0.2, -0.15) is 0 Å². The van der Waals surface area contributed by atoms with Crippen LogP contribution in [0.3, 0.4) is 0 Å². The fraction of sp³-hybridized carbons (Fsp3) is 0.625. The second kappa shape index (κ2) is 7.55. The molecule has 2 N–H and O–H groups in total. The number of aryl methyl sites for hydroxylation is 1. The van der Waals surface area contributed by atoms with E-state index in [4.69, 9.17) is 10.5 Å². The lowest BCUT2D eigenvalue weighted by Gasteiger charge is -2.14. The molecule has 2 nitrogen and oxygen atoms in total. The lowest BCUT2D eigenvalue weighted by Crippen LogP contribution is -2.22. The molecule has 1 saturated heterocycles. The van der Waals surface area contributed by atoms with Gasteiger partial charge in [0.1, 0.15) is 0 Å². The minimum Gasteiger partial charge on any atom is -0.378 e. The van der Waals surface area contributed by atoms with Gasteiger partial charge in [-0.05, 0) is 50.5 Å². The number of nitrogens with two attached hydrogens (primary N) is 1. The van der Waals surface area contributed by atoms with Crippen molar-refractivity contribution < 1.29 is 4.74 Å². The molecule has 1 heterocycles. The van der Waals surface area contributed by atoms with Crippen LogP contribution in [0.1, 0.15) is 44.1 Å². The van der Waals surface area contributed by atoms with Gasteiger partial charge in [-0.25, -0.2) is 0 Å². The molecule has 1 fully saturated rings. The highest BCUT2D eigenvalue weighted by Gasteiger charge is 2.16. The largest absolute Gasteiger partial charge is 0.378 e. The van der Waals surface area contributed by atoms with E-state index in [2.05, 4.69) is 30.3 Å². The molecule has 0 aliphatic carbocycles. The van der Waals surface area contributed by atoms with Gasteiger partial charge >= 0.3 is 0 Å². The molecule has 2 rings (SSSR count). The van der Waals surface area contributed by atoms with E-state index in [9.17, 15) is 0 Å². The van der Waals surface area contributed by atoms with Gasteiger partial charge < -0.3 is 10.5 Å². The minimum absolute atomic E-state index is 0.345. The first-order valence-corrected chi connectivity index (χ1v) is 7.25. The summed E-state index contributed by atoms with van der Waals surface area (Å²) in [6, 6.07) is 11.0. The van der Waals surface area contributed by atoms with Crippen LogP contribution in [0.5, 0.6) is 0 Å². The third kappa shape index (κ3) is 4.79. The Morgan fingerprint density at radius 3 is 2.78 bits per heavy atom. The quantitative estimate of drug-likeness (QED) is 0.802. The Hall–Kier alpha value is -0.860. The van der Waals surface area contributed by atoms with Crippen molar-refractivity contribution in [3.05, 3.63) is 35.9 Å². The van der Waals surface area contributed by atoms with Crippen molar-refractivity contribution in [1.29, 1.82) is 0 Å². The molecule has 100 valence electrons. The van der Waals surface area contributed by atoms with Gasteiger partial charge in [-0.1, -0.05) is 30.3 Å². The summed E-state index contributed by atoms with van der Waals surface area (Å²) in [5.41, 5.74) is 7.58. The summed E-state index contributed by atoms with van der Waals surface area (Å²) in [6.07, 6.45) is 8.67. The maximum atomic E-state index is 6.16. The van der Waals surface area contributed by atoms with Gasteiger partial charge in [0.2, 0.25) is 0 Å². The Morgan fingerprint density at radius 2 is 2.06 bits per heavy atom. The number of hydrogen-bond donors (Lipinski definition) is 1. The summed E-state index contributed by atoms with van der Waals surface area (Å²) in [7, 11) is 0. The lowest BCUT2D eigenvalue weighted by atomic mass is 10.00. The predicted molar refractivity (Wildman–Crippen MR) is 75.6 cm³/mol. The van der Waals surface area contributed by atoms with E-state index < -0.39 is 0 Å². The maximum Gasteiger partial charge on any atom is 0.0576 e. The van der Waals surface area contributed by atoms with Crippen LogP contribution in [-0.2, 0) is 11.2 Å². The molecule has 0 aromatic heterocycles. The van der Waals surface area contributed by atoms with Crippen molar-refractivity contribution in [3.63, 3.8) is 0 Å². The van der Waals surface area contributed by atoms with Crippen LogP contribution in [0.15, 0.2) is 30.3 Å². The second-order valence-corrected chi connectivity index (χ2v) is 5.35. The second-order valence-electron chi connectivity index (χ2n) is 5.35. The average molecular weight is 247 g/mol. The molecular weight excluding hydrogens is 222 g/mol. The summed E-state index contributed by atoms with van der Waals surface area (Å²) in [5, 5.41) is 0. The summed E-state index contributed by atoms with van der Waals surface area (Å²) in [4.78, 5) is 0. The third-order valence-electron chi connectivity index (χ3n) is 3.77. The third-order valence-corrected chi connectivity index (χ3v) is 3.77. The molecule has 0 saturated carbocycles. The molecule has 0 amide bonds. The summed E-state index contributed by atoms with van der Waals surface area (Å²) in [6.45, 7) is 0.952.